The molecule has 5 rings (SSSR count). The summed E-state index contributed by atoms with van der Waals surface area (Å²) in [6, 6.07) is 18.9. The van der Waals surface area contributed by atoms with Crippen molar-refractivity contribution >= 4 is 11.9 Å². The maximum absolute atomic E-state index is 13.2. The van der Waals surface area contributed by atoms with Gasteiger partial charge in [0.2, 0.25) is 0 Å². The second-order valence-electron chi connectivity index (χ2n) is 11.0. The topological polar surface area (TPSA) is 64.6 Å². The minimum atomic E-state index is -0.560. The molecule has 33 heavy (non-hydrogen) atoms. The number of benzene rings is 2. The van der Waals surface area contributed by atoms with Crippen LogP contribution in [0.2, 0.25) is 0 Å². The van der Waals surface area contributed by atoms with Gasteiger partial charge in [0.05, 0.1) is 11.1 Å². The number of rotatable bonds is 4. The molecule has 6 unspecified atom stereocenters. The summed E-state index contributed by atoms with van der Waals surface area (Å²) in [5.41, 5.74) is 0.290. The molecule has 0 amide bonds. The molecule has 5 heteroatoms. The van der Waals surface area contributed by atoms with Gasteiger partial charge in [-0.2, -0.15) is 0 Å². The fourth-order valence-electron chi connectivity index (χ4n) is 6.93. The van der Waals surface area contributed by atoms with E-state index in [-0.39, 0.29) is 22.8 Å². The van der Waals surface area contributed by atoms with Gasteiger partial charge in [0.1, 0.15) is 12.2 Å². The van der Waals surface area contributed by atoms with Gasteiger partial charge in [-0.1, -0.05) is 64.1 Å². The molecule has 0 aromatic heterocycles. The molecule has 3 fully saturated rings. The van der Waals surface area contributed by atoms with E-state index < -0.39 is 12.2 Å². The van der Waals surface area contributed by atoms with Crippen LogP contribution in [0.15, 0.2) is 60.7 Å². The Morgan fingerprint density at radius 1 is 0.697 bits per heavy atom. The minimum Gasteiger partial charge on any atom is -0.454 e. The molecule has 6 atom stereocenters. The Bertz CT molecular complexity index is 949. The summed E-state index contributed by atoms with van der Waals surface area (Å²) in [5, 5.41) is 3.81. The largest absolute Gasteiger partial charge is 0.454 e. The highest BCUT2D eigenvalue weighted by Crippen LogP contribution is 2.62. The van der Waals surface area contributed by atoms with Crippen LogP contribution in [-0.4, -0.2) is 36.2 Å². The lowest BCUT2D eigenvalue weighted by atomic mass is 9.48. The van der Waals surface area contributed by atoms with Crippen LogP contribution in [0.3, 0.4) is 0 Å². The minimum absolute atomic E-state index is 0.339. The molecule has 2 aromatic rings. The molecule has 2 aromatic carbocycles. The number of esters is 2. The number of fused-ring (bicyclic) bond motifs is 5. The van der Waals surface area contributed by atoms with Crippen LogP contribution < -0.4 is 5.32 Å². The number of ether oxygens (including phenoxy) is 2. The average Bonchev–Trinajstić information content (AvgIpc) is 3.44. The van der Waals surface area contributed by atoms with Crippen LogP contribution in [0.25, 0.3) is 0 Å². The van der Waals surface area contributed by atoms with Gasteiger partial charge in [-0.15, -0.1) is 0 Å². The molecule has 5 nitrogen and oxygen atoms in total. The first-order valence-electron chi connectivity index (χ1n) is 12.0. The Morgan fingerprint density at radius 2 is 1.06 bits per heavy atom. The van der Waals surface area contributed by atoms with Gasteiger partial charge < -0.3 is 14.8 Å². The van der Waals surface area contributed by atoms with Crippen LogP contribution in [0.5, 0.6) is 0 Å². The quantitative estimate of drug-likeness (QED) is 0.678. The second kappa shape index (κ2) is 7.98. The highest BCUT2D eigenvalue weighted by molar-refractivity contribution is 5.90. The van der Waals surface area contributed by atoms with Crippen LogP contribution in [0, 0.1) is 22.7 Å². The number of carbonyl (C=O) groups is 2. The molecular weight excluding hydrogens is 414 g/mol. The summed E-state index contributed by atoms with van der Waals surface area (Å²) in [5.74, 6) is -0.0717. The standard InChI is InChI=1S/C28H33NO4/c1-27(2)21-19-15-16-20(29-19)22(21)28(3,4)24(33-26(31)18-13-9-6-10-14-18)23(27)32-25(30)17-11-7-5-8-12-17/h5-14,19-24,29H,15-16H2,1-4H3. The molecule has 0 spiro atoms. The zero-order valence-electron chi connectivity index (χ0n) is 19.8. The van der Waals surface area contributed by atoms with E-state index >= 15 is 0 Å². The van der Waals surface area contributed by atoms with Crippen LogP contribution >= 0.6 is 0 Å². The molecule has 2 saturated heterocycles. The van der Waals surface area contributed by atoms with Crippen LogP contribution in [0.4, 0.5) is 0 Å². The zero-order valence-corrected chi connectivity index (χ0v) is 19.8. The van der Waals surface area contributed by atoms with Crippen molar-refractivity contribution in [1.82, 2.24) is 5.32 Å². The Labute approximate surface area is 195 Å². The van der Waals surface area contributed by atoms with Gasteiger partial charge in [0.25, 0.3) is 0 Å². The molecule has 1 saturated carbocycles. The predicted octanol–water partition coefficient (Wildman–Crippen LogP) is 4.87. The number of carbonyl (C=O) groups excluding carboxylic acids is 2. The van der Waals surface area contributed by atoms with Crippen molar-refractivity contribution in [1.29, 1.82) is 0 Å². The van der Waals surface area contributed by atoms with Gasteiger partial charge >= 0.3 is 11.9 Å². The van der Waals surface area contributed by atoms with Crippen molar-refractivity contribution in [2.75, 3.05) is 0 Å². The highest BCUT2D eigenvalue weighted by Gasteiger charge is 2.68. The third-order valence-electron chi connectivity index (χ3n) is 8.42. The molecule has 2 aliphatic heterocycles. The first-order chi connectivity index (χ1) is 15.7. The SMILES string of the molecule is CC1(C)C(OC(=O)c2ccccc2)C(OC(=O)c2ccccc2)C(C)(C)C2C3CCC(N3)C21. The summed E-state index contributed by atoms with van der Waals surface area (Å²) >= 11 is 0. The van der Waals surface area contributed by atoms with Gasteiger partial charge in [-0.05, 0) is 48.9 Å². The summed E-state index contributed by atoms with van der Waals surface area (Å²) in [6.07, 6.45) is 1.16. The van der Waals surface area contributed by atoms with Crippen LogP contribution in [0.1, 0.15) is 61.3 Å². The van der Waals surface area contributed by atoms with Gasteiger partial charge in [-0.3, -0.25) is 0 Å². The zero-order chi connectivity index (χ0) is 23.4. The van der Waals surface area contributed by atoms with Crippen molar-refractivity contribution in [3.05, 3.63) is 71.8 Å². The molecule has 1 N–H and O–H groups in total. The Kier molecular flexibility index (Phi) is 5.36. The van der Waals surface area contributed by atoms with Gasteiger partial charge in [-0.25, -0.2) is 9.59 Å². The van der Waals surface area contributed by atoms with Crippen molar-refractivity contribution in [3.63, 3.8) is 0 Å². The van der Waals surface area contributed by atoms with E-state index in [1.807, 2.05) is 36.4 Å². The summed E-state index contributed by atoms with van der Waals surface area (Å²) < 4.78 is 12.5. The molecule has 1 aliphatic carbocycles. The smallest absolute Gasteiger partial charge is 0.338 e. The maximum atomic E-state index is 13.2. The Balaban J connectivity index is 1.53. The summed E-state index contributed by atoms with van der Waals surface area (Å²) in [7, 11) is 0. The van der Waals surface area contributed by atoms with E-state index in [1.54, 1.807) is 24.3 Å². The van der Waals surface area contributed by atoms with E-state index in [4.69, 9.17) is 9.47 Å². The third kappa shape index (κ3) is 3.57. The lowest BCUT2D eigenvalue weighted by Crippen LogP contribution is -2.65. The first kappa shape index (κ1) is 22.1. The number of hydrogen-bond acceptors (Lipinski definition) is 5. The van der Waals surface area contributed by atoms with Crippen LogP contribution in [-0.2, 0) is 9.47 Å². The molecule has 174 valence electrons. The van der Waals surface area contributed by atoms with Gasteiger partial charge in [0, 0.05) is 22.9 Å². The van der Waals surface area contributed by atoms with Crippen molar-refractivity contribution in [2.24, 2.45) is 22.7 Å². The lowest BCUT2D eigenvalue weighted by Gasteiger charge is -2.59. The lowest BCUT2D eigenvalue weighted by molar-refractivity contribution is -0.197. The fourth-order valence-corrected chi connectivity index (χ4v) is 6.93. The van der Waals surface area contributed by atoms with Gasteiger partial charge in [0.15, 0.2) is 0 Å². The predicted molar refractivity (Wildman–Crippen MR) is 126 cm³/mol. The summed E-state index contributed by atoms with van der Waals surface area (Å²) in [6.45, 7) is 8.70. The average molecular weight is 448 g/mol. The van der Waals surface area contributed by atoms with Crippen molar-refractivity contribution in [3.8, 4) is 0 Å². The molecule has 0 radical (unpaired) electrons. The Hall–Kier alpha value is -2.66. The van der Waals surface area contributed by atoms with E-state index in [1.165, 1.54) is 0 Å². The number of nitrogens with one attached hydrogen (secondary N) is 1. The molecular formula is C28H33NO4. The maximum Gasteiger partial charge on any atom is 0.338 e. The van der Waals surface area contributed by atoms with E-state index in [0.29, 0.717) is 35.0 Å². The molecule has 2 bridgehead atoms. The third-order valence-corrected chi connectivity index (χ3v) is 8.42. The first-order valence-corrected chi connectivity index (χ1v) is 12.0. The van der Waals surface area contributed by atoms with Crippen molar-refractivity contribution in [2.45, 2.75) is 64.8 Å². The fraction of sp³-hybridized carbons (Fsp3) is 0.500. The summed E-state index contributed by atoms with van der Waals surface area (Å²) in [4.78, 5) is 26.4. The number of hydrogen-bond donors (Lipinski definition) is 1. The normalized spacial score (nSPS) is 33.2. The molecule has 3 aliphatic rings. The van der Waals surface area contributed by atoms with E-state index in [2.05, 4.69) is 33.0 Å². The monoisotopic (exact) mass is 447 g/mol. The van der Waals surface area contributed by atoms with Crippen molar-refractivity contribution < 1.29 is 19.1 Å². The van der Waals surface area contributed by atoms with E-state index in [0.717, 1.165) is 12.8 Å². The van der Waals surface area contributed by atoms with E-state index in [9.17, 15) is 9.59 Å². The second-order valence-corrected chi connectivity index (χ2v) is 11.0. The highest BCUT2D eigenvalue weighted by atomic mass is 16.6. The Morgan fingerprint density at radius 3 is 1.42 bits per heavy atom. The molecule has 2 heterocycles.